The Morgan fingerprint density at radius 1 is 1.09 bits per heavy atom. The summed E-state index contributed by atoms with van der Waals surface area (Å²) in [7, 11) is -1.94. The molecule has 0 aliphatic carbocycles. The third-order valence-electron chi connectivity index (χ3n) is 8.62. The molecule has 2 aliphatic rings. The van der Waals surface area contributed by atoms with Crippen LogP contribution in [-0.2, 0) is 19.4 Å². The van der Waals surface area contributed by atoms with Gasteiger partial charge in [0.25, 0.3) is 0 Å². The van der Waals surface area contributed by atoms with E-state index in [0.29, 0.717) is 67.5 Å². The van der Waals surface area contributed by atoms with Gasteiger partial charge in [0, 0.05) is 25.7 Å². The first-order valence-corrected chi connectivity index (χ1v) is 17.1. The summed E-state index contributed by atoms with van der Waals surface area (Å²) in [5.74, 6) is 1.63. The average molecular weight is 649 g/mol. The van der Waals surface area contributed by atoms with E-state index < -0.39 is 15.1 Å². The predicted molar refractivity (Wildman–Crippen MR) is 175 cm³/mol. The number of ether oxygens (including phenoxy) is 2. The molecule has 4 aromatic rings. The first-order valence-electron chi connectivity index (χ1n) is 15.5. The zero-order valence-corrected chi connectivity index (χ0v) is 27.3. The fourth-order valence-electron chi connectivity index (χ4n) is 6.04. The van der Waals surface area contributed by atoms with Crippen molar-refractivity contribution in [1.29, 1.82) is 0 Å². The number of nitrogens with zero attached hydrogens (tertiary/aromatic N) is 5. The molecule has 2 saturated heterocycles. The second-order valence-corrected chi connectivity index (χ2v) is 14.4. The number of anilines is 4. The van der Waals surface area contributed by atoms with Gasteiger partial charge < -0.3 is 30.3 Å². The standard InChI is InChI=1S/C32H40N8O5S/c1-20(2)46(42,43)28-8-6-5-7-24(28)36-32-38-31(37-29-9-12-34-40(29)32)35-25-17-21(3)23(18-27(25)44-4)22-10-14-39(15-11-22)30(41)26-19-45-16-13-33-26/h5-9,12,17-18,20,22,26,33H,10-11,13-16,19H2,1-4H3,(H2,35,36,37,38). The Balaban J connectivity index is 1.23. The molecule has 0 saturated carbocycles. The van der Waals surface area contributed by atoms with Crippen molar-refractivity contribution >= 4 is 44.7 Å². The molecule has 14 heteroatoms. The minimum absolute atomic E-state index is 0.112. The van der Waals surface area contributed by atoms with Crippen LogP contribution in [0.4, 0.5) is 23.3 Å². The number of amides is 1. The number of nitrogens with one attached hydrogen (secondary N) is 3. The number of hydrogen-bond donors (Lipinski definition) is 3. The molecule has 2 aromatic heterocycles. The van der Waals surface area contributed by atoms with Crippen LogP contribution in [0.1, 0.15) is 43.7 Å². The Morgan fingerprint density at radius 3 is 2.59 bits per heavy atom. The van der Waals surface area contributed by atoms with Crippen LogP contribution in [0.25, 0.3) is 5.65 Å². The van der Waals surface area contributed by atoms with Crippen LogP contribution in [0.3, 0.4) is 0 Å². The number of piperidine rings is 1. The van der Waals surface area contributed by atoms with Crippen molar-refractivity contribution in [2.45, 2.75) is 55.7 Å². The molecule has 1 atom stereocenters. The van der Waals surface area contributed by atoms with E-state index >= 15 is 0 Å². The Labute approximate surface area is 268 Å². The lowest BCUT2D eigenvalue weighted by Gasteiger charge is -2.36. The van der Waals surface area contributed by atoms with Crippen LogP contribution in [0.5, 0.6) is 5.75 Å². The molecule has 1 amide bonds. The average Bonchev–Trinajstić information content (AvgIpc) is 3.54. The van der Waals surface area contributed by atoms with E-state index in [2.05, 4.69) is 44.0 Å². The molecule has 13 nitrogen and oxygen atoms in total. The molecule has 3 N–H and O–H groups in total. The molecule has 0 bridgehead atoms. The number of para-hydroxylation sites is 1. The van der Waals surface area contributed by atoms with Crippen molar-refractivity contribution in [2.75, 3.05) is 50.6 Å². The van der Waals surface area contributed by atoms with E-state index in [9.17, 15) is 13.2 Å². The van der Waals surface area contributed by atoms with Crippen molar-refractivity contribution in [2.24, 2.45) is 0 Å². The summed E-state index contributed by atoms with van der Waals surface area (Å²) in [6, 6.07) is 12.3. The van der Waals surface area contributed by atoms with Crippen LogP contribution in [0.15, 0.2) is 53.6 Å². The summed E-state index contributed by atoms with van der Waals surface area (Å²) in [5, 5.41) is 13.5. The molecular formula is C32H40N8O5S. The van der Waals surface area contributed by atoms with Crippen LogP contribution in [0.2, 0.25) is 0 Å². The van der Waals surface area contributed by atoms with Crippen LogP contribution < -0.4 is 20.7 Å². The second-order valence-electron chi connectivity index (χ2n) is 11.9. The number of fused-ring (bicyclic) bond motifs is 1. The van der Waals surface area contributed by atoms with Crippen LogP contribution in [-0.4, -0.2) is 90.1 Å². The third-order valence-corrected chi connectivity index (χ3v) is 10.8. The lowest BCUT2D eigenvalue weighted by Crippen LogP contribution is -2.53. The van der Waals surface area contributed by atoms with Crippen molar-refractivity contribution < 1.29 is 22.7 Å². The highest BCUT2D eigenvalue weighted by atomic mass is 32.2. The maximum absolute atomic E-state index is 13.1. The van der Waals surface area contributed by atoms with Crippen LogP contribution >= 0.6 is 0 Å². The Bertz CT molecular complexity index is 1830. The lowest BCUT2D eigenvalue weighted by atomic mass is 9.86. The Kier molecular flexibility index (Phi) is 9.11. The zero-order chi connectivity index (χ0) is 32.4. The van der Waals surface area contributed by atoms with E-state index in [-0.39, 0.29) is 22.8 Å². The number of rotatable bonds is 9. The molecule has 2 fully saturated rings. The van der Waals surface area contributed by atoms with Gasteiger partial charge in [-0.25, -0.2) is 8.42 Å². The third kappa shape index (κ3) is 6.37. The molecule has 46 heavy (non-hydrogen) atoms. The van der Waals surface area contributed by atoms with Crippen LogP contribution in [0, 0.1) is 6.92 Å². The van der Waals surface area contributed by atoms with Gasteiger partial charge in [-0.1, -0.05) is 12.1 Å². The fraction of sp³-hybridized carbons (Fsp3) is 0.438. The highest BCUT2D eigenvalue weighted by molar-refractivity contribution is 7.92. The van der Waals surface area contributed by atoms with Crippen molar-refractivity contribution in [3.05, 3.63) is 59.8 Å². The zero-order valence-electron chi connectivity index (χ0n) is 26.5. The summed E-state index contributed by atoms with van der Waals surface area (Å²) in [6.45, 7) is 8.52. The van der Waals surface area contributed by atoms with Gasteiger partial charge >= 0.3 is 0 Å². The Hall–Kier alpha value is -4.27. The number of aryl methyl sites for hydroxylation is 1. The molecule has 4 heterocycles. The fourth-order valence-corrected chi connectivity index (χ4v) is 7.24. The maximum atomic E-state index is 13.1. The highest BCUT2D eigenvalue weighted by Crippen LogP contribution is 2.38. The highest BCUT2D eigenvalue weighted by Gasteiger charge is 2.31. The molecular weight excluding hydrogens is 608 g/mol. The molecule has 2 aromatic carbocycles. The summed E-state index contributed by atoms with van der Waals surface area (Å²) < 4.78 is 39.0. The molecule has 0 spiro atoms. The van der Waals surface area contributed by atoms with E-state index in [1.807, 2.05) is 11.0 Å². The number of carbonyl (C=O) groups excluding carboxylic acids is 1. The number of sulfone groups is 1. The largest absolute Gasteiger partial charge is 0.495 e. The van der Waals surface area contributed by atoms with E-state index in [1.165, 1.54) is 10.1 Å². The van der Waals surface area contributed by atoms with Crippen molar-refractivity contribution in [3.63, 3.8) is 0 Å². The number of likely N-dealkylation sites (tertiary alicyclic amines) is 1. The molecule has 6 rings (SSSR count). The summed E-state index contributed by atoms with van der Waals surface area (Å²) in [5.41, 5.74) is 3.88. The quantitative estimate of drug-likeness (QED) is 0.243. The Morgan fingerprint density at radius 2 is 1.87 bits per heavy atom. The second kappa shape index (κ2) is 13.2. The molecule has 2 aliphatic heterocycles. The van der Waals surface area contributed by atoms with Gasteiger partial charge in [0.05, 0.1) is 48.0 Å². The topological polar surface area (TPSA) is 152 Å². The van der Waals surface area contributed by atoms with Gasteiger partial charge in [0.1, 0.15) is 11.8 Å². The van der Waals surface area contributed by atoms with Gasteiger partial charge in [0.2, 0.25) is 17.8 Å². The first kappa shape index (κ1) is 31.7. The van der Waals surface area contributed by atoms with Gasteiger partial charge in [-0.2, -0.15) is 19.6 Å². The number of morpholine rings is 1. The number of hydrogen-bond acceptors (Lipinski definition) is 11. The molecule has 1 unspecified atom stereocenters. The number of benzene rings is 2. The normalized spacial score (nSPS) is 17.8. The number of aromatic nitrogens is 4. The monoisotopic (exact) mass is 648 g/mol. The summed E-state index contributed by atoms with van der Waals surface area (Å²) in [6.07, 6.45) is 3.33. The van der Waals surface area contributed by atoms with E-state index in [1.54, 1.807) is 57.5 Å². The summed E-state index contributed by atoms with van der Waals surface area (Å²) >= 11 is 0. The number of carbonyl (C=O) groups is 1. The van der Waals surface area contributed by atoms with Crippen molar-refractivity contribution in [3.8, 4) is 5.75 Å². The smallest absolute Gasteiger partial charge is 0.242 e. The molecule has 244 valence electrons. The minimum atomic E-state index is -3.56. The van der Waals surface area contributed by atoms with Crippen molar-refractivity contribution in [1.82, 2.24) is 29.8 Å². The lowest BCUT2D eigenvalue weighted by molar-refractivity contribution is -0.137. The van der Waals surface area contributed by atoms with Gasteiger partial charge in [0.15, 0.2) is 15.5 Å². The first-order chi connectivity index (χ1) is 22.2. The van der Waals surface area contributed by atoms with Gasteiger partial charge in [-0.3, -0.25) is 4.79 Å². The molecule has 0 radical (unpaired) electrons. The SMILES string of the molecule is COc1cc(C2CCN(C(=O)C3COCCN3)CC2)c(C)cc1Nc1nc(Nc2ccccc2S(=O)(=O)C(C)C)n2nccc2n1. The number of methoxy groups -OCH3 is 1. The van der Waals surface area contributed by atoms with E-state index in [4.69, 9.17) is 9.47 Å². The predicted octanol–water partition coefficient (Wildman–Crippen LogP) is 3.81. The maximum Gasteiger partial charge on any atom is 0.242 e. The minimum Gasteiger partial charge on any atom is -0.495 e. The van der Waals surface area contributed by atoms with Gasteiger partial charge in [-0.15, -0.1) is 0 Å². The van der Waals surface area contributed by atoms with E-state index in [0.717, 1.165) is 18.4 Å². The van der Waals surface area contributed by atoms with Gasteiger partial charge in [-0.05, 0) is 74.9 Å². The summed E-state index contributed by atoms with van der Waals surface area (Å²) in [4.78, 5) is 24.4.